The number of nitrogens with zero attached hydrogens (tertiary/aromatic N) is 2. The molecule has 0 bridgehead atoms. The molecule has 1 amide bonds. The quantitative estimate of drug-likeness (QED) is 0.817. The minimum atomic E-state index is -1.19. The van der Waals surface area contributed by atoms with Crippen LogP contribution in [-0.2, 0) is 9.59 Å². The molecule has 1 aromatic heterocycles. The number of carbonyl (C=O) groups excluding carboxylic acids is 1. The van der Waals surface area contributed by atoms with Gasteiger partial charge in [-0.25, -0.2) is 4.79 Å². The van der Waals surface area contributed by atoms with E-state index in [1.165, 1.54) is 11.3 Å². The molecule has 1 aromatic carbocycles. The summed E-state index contributed by atoms with van der Waals surface area (Å²) in [6, 6.07) is 7.25. The number of carbonyl (C=O) groups is 2. The Kier molecular flexibility index (Phi) is 4.62. The van der Waals surface area contributed by atoms with E-state index >= 15 is 0 Å². The molecular formula is C13H11N3O4S. The predicted octanol–water partition coefficient (Wildman–Crippen LogP) is 1.79. The Balaban J connectivity index is 2.07. The van der Waals surface area contributed by atoms with Gasteiger partial charge in [0.05, 0.1) is 7.11 Å². The Morgan fingerprint density at radius 3 is 2.57 bits per heavy atom. The average molecular weight is 305 g/mol. The Bertz CT molecular complexity index is 679. The smallest absolute Gasteiger partial charge is 0.328 e. The molecule has 0 aliphatic carbocycles. The highest BCUT2D eigenvalue weighted by Crippen LogP contribution is 2.27. The number of methoxy groups -OCH3 is 1. The molecule has 0 spiro atoms. The van der Waals surface area contributed by atoms with Crippen molar-refractivity contribution in [1.82, 2.24) is 10.2 Å². The van der Waals surface area contributed by atoms with Gasteiger partial charge in [0.1, 0.15) is 10.8 Å². The number of hydrogen-bond donors (Lipinski definition) is 2. The van der Waals surface area contributed by atoms with E-state index in [2.05, 4.69) is 15.5 Å². The maximum Gasteiger partial charge on any atom is 0.328 e. The summed E-state index contributed by atoms with van der Waals surface area (Å²) in [5.74, 6) is -1.04. The number of anilines is 1. The van der Waals surface area contributed by atoms with Gasteiger partial charge in [-0.15, -0.1) is 10.2 Å². The van der Waals surface area contributed by atoms with Crippen molar-refractivity contribution in [1.29, 1.82) is 0 Å². The summed E-state index contributed by atoms with van der Waals surface area (Å²) < 4.78 is 5.06. The number of carboxylic acid groups (broad SMARTS) is 1. The third-order valence-corrected chi connectivity index (χ3v) is 3.26. The summed E-state index contributed by atoms with van der Waals surface area (Å²) in [5.41, 5.74) is 0.842. The van der Waals surface area contributed by atoms with Crippen LogP contribution in [0.1, 0.15) is 0 Å². The first-order valence-electron chi connectivity index (χ1n) is 5.78. The van der Waals surface area contributed by atoms with Gasteiger partial charge in [-0.05, 0) is 24.3 Å². The first kappa shape index (κ1) is 14.7. The van der Waals surface area contributed by atoms with Crippen LogP contribution in [0.2, 0.25) is 0 Å². The first-order valence-corrected chi connectivity index (χ1v) is 6.60. The number of aromatic nitrogens is 2. The molecule has 108 valence electrons. The van der Waals surface area contributed by atoms with Gasteiger partial charge in [-0.2, -0.15) is 0 Å². The Hall–Kier alpha value is -2.74. The molecule has 7 nitrogen and oxygen atoms in total. The summed E-state index contributed by atoms with van der Waals surface area (Å²) in [4.78, 5) is 21.7. The Morgan fingerprint density at radius 2 is 1.95 bits per heavy atom. The van der Waals surface area contributed by atoms with Crippen molar-refractivity contribution in [3.05, 3.63) is 36.4 Å². The van der Waals surface area contributed by atoms with E-state index in [0.29, 0.717) is 10.1 Å². The molecule has 0 atom stereocenters. The lowest BCUT2D eigenvalue weighted by molar-refractivity contribution is -0.131. The first-order chi connectivity index (χ1) is 10.1. The molecule has 2 N–H and O–H groups in total. The van der Waals surface area contributed by atoms with Gasteiger partial charge in [0.25, 0.3) is 0 Å². The zero-order valence-electron chi connectivity index (χ0n) is 10.9. The molecule has 0 fully saturated rings. The lowest BCUT2D eigenvalue weighted by Crippen LogP contribution is -2.08. The number of nitrogens with one attached hydrogen (secondary N) is 1. The monoisotopic (exact) mass is 305 g/mol. The number of benzene rings is 1. The number of carboxylic acids is 1. The van der Waals surface area contributed by atoms with Crippen molar-refractivity contribution in [3.8, 4) is 16.3 Å². The van der Waals surface area contributed by atoms with Gasteiger partial charge in [-0.3, -0.25) is 10.1 Å². The second-order valence-corrected chi connectivity index (χ2v) is 4.78. The third kappa shape index (κ3) is 4.11. The highest BCUT2D eigenvalue weighted by molar-refractivity contribution is 7.18. The summed E-state index contributed by atoms with van der Waals surface area (Å²) in [5, 5.41) is 19.6. The number of ether oxygens (including phenoxy) is 1. The van der Waals surface area contributed by atoms with Crippen molar-refractivity contribution in [2.24, 2.45) is 0 Å². The fourth-order valence-corrected chi connectivity index (χ4v) is 2.17. The van der Waals surface area contributed by atoms with Crippen LogP contribution in [0.3, 0.4) is 0 Å². The van der Waals surface area contributed by atoms with E-state index in [0.717, 1.165) is 23.5 Å². The van der Waals surface area contributed by atoms with Gasteiger partial charge in [0.15, 0.2) is 0 Å². The fraction of sp³-hybridized carbons (Fsp3) is 0.0769. The summed E-state index contributed by atoms with van der Waals surface area (Å²) in [6.07, 6.45) is 1.66. The molecule has 0 radical (unpaired) electrons. The Labute approximate surface area is 123 Å². The van der Waals surface area contributed by atoms with Gasteiger partial charge in [-0.1, -0.05) is 11.3 Å². The molecule has 0 aliphatic rings. The number of aliphatic carboxylic acids is 1. The van der Waals surface area contributed by atoms with Crippen molar-refractivity contribution < 1.29 is 19.4 Å². The van der Waals surface area contributed by atoms with Crippen molar-refractivity contribution in [2.45, 2.75) is 0 Å². The largest absolute Gasteiger partial charge is 0.497 e. The highest BCUT2D eigenvalue weighted by atomic mass is 32.1. The molecule has 2 rings (SSSR count). The van der Waals surface area contributed by atoms with E-state index in [9.17, 15) is 9.59 Å². The van der Waals surface area contributed by atoms with Crippen LogP contribution >= 0.6 is 11.3 Å². The van der Waals surface area contributed by atoms with Gasteiger partial charge >= 0.3 is 5.97 Å². The van der Waals surface area contributed by atoms with E-state index in [1.54, 1.807) is 19.2 Å². The van der Waals surface area contributed by atoms with E-state index < -0.39 is 11.9 Å². The lowest BCUT2D eigenvalue weighted by Gasteiger charge is -1.99. The fourth-order valence-electron chi connectivity index (χ4n) is 1.42. The summed E-state index contributed by atoms with van der Waals surface area (Å²) >= 11 is 1.19. The molecule has 1 heterocycles. The minimum absolute atomic E-state index is 0.292. The molecule has 21 heavy (non-hydrogen) atoms. The standard InChI is InChI=1S/C13H11N3O4S/c1-20-9-4-2-8(3-5-9)12-15-16-13(21-12)14-10(17)6-7-11(18)19/h2-7H,1H3,(H,18,19)(H,14,16,17)/b7-6+. The molecule has 8 heteroatoms. The van der Waals surface area contributed by atoms with Crippen molar-refractivity contribution in [2.75, 3.05) is 12.4 Å². The molecule has 0 unspecified atom stereocenters. The van der Waals surface area contributed by atoms with Crippen LogP contribution in [0.25, 0.3) is 10.6 Å². The summed E-state index contributed by atoms with van der Waals surface area (Å²) in [7, 11) is 1.58. The van der Waals surface area contributed by atoms with E-state index in [-0.39, 0.29) is 0 Å². The van der Waals surface area contributed by atoms with Gasteiger partial charge < -0.3 is 9.84 Å². The van der Waals surface area contributed by atoms with Crippen LogP contribution in [-0.4, -0.2) is 34.3 Å². The topological polar surface area (TPSA) is 101 Å². The minimum Gasteiger partial charge on any atom is -0.497 e. The van der Waals surface area contributed by atoms with Crippen LogP contribution in [0, 0.1) is 0 Å². The zero-order valence-corrected chi connectivity index (χ0v) is 11.8. The van der Waals surface area contributed by atoms with Gasteiger partial charge in [0.2, 0.25) is 11.0 Å². The van der Waals surface area contributed by atoms with Crippen molar-refractivity contribution >= 4 is 28.3 Å². The molecule has 0 saturated heterocycles. The lowest BCUT2D eigenvalue weighted by atomic mass is 10.2. The molecule has 0 aliphatic heterocycles. The third-order valence-electron chi connectivity index (χ3n) is 2.37. The zero-order chi connectivity index (χ0) is 15.2. The second-order valence-electron chi connectivity index (χ2n) is 3.80. The number of rotatable bonds is 5. The van der Waals surface area contributed by atoms with Crippen LogP contribution in [0.5, 0.6) is 5.75 Å². The second kappa shape index (κ2) is 6.62. The SMILES string of the molecule is COc1ccc(-c2nnc(NC(=O)/C=C/C(=O)O)s2)cc1. The molecular weight excluding hydrogens is 294 g/mol. The highest BCUT2D eigenvalue weighted by Gasteiger charge is 2.08. The van der Waals surface area contributed by atoms with Crippen molar-refractivity contribution in [3.63, 3.8) is 0 Å². The van der Waals surface area contributed by atoms with Crippen LogP contribution in [0.4, 0.5) is 5.13 Å². The average Bonchev–Trinajstić information content (AvgIpc) is 2.93. The van der Waals surface area contributed by atoms with E-state index in [1.807, 2.05) is 12.1 Å². The maximum atomic E-state index is 11.4. The normalized spacial score (nSPS) is 10.5. The number of amides is 1. The predicted molar refractivity (Wildman–Crippen MR) is 77.3 cm³/mol. The van der Waals surface area contributed by atoms with Crippen LogP contribution < -0.4 is 10.1 Å². The molecule has 2 aromatic rings. The van der Waals surface area contributed by atoms with E-state index in [4.69, 9.17) is 9.84 Å². The van der Waals surface area contributed by atoms with Crippen LogP contribution in [0.15, 0.2) is 36.4 Å². The maximum absolute atomic E-state index is 11.4. The molecule has 0 saturated carbocycles. The summed E-state index contributed by atoms with van der Waals surface area (Å²) in [6.45, 7) is 0. The van der Waals surface area contributed by atoms with Gasteiger partial charge in [0, 0.05) is 17.7 Å². The Morgan fingerprint density at radius 1 is 1.24 bits per heavy atom. The number of hydrogen-bond acceptors (Lipinski definition) is 6.